The molecule has 0 amide bonds. The second-order valence-corrected chi connectivity index (χ2v) is 47.9. The highest BCUT2D eigenvalue weighted by molar-refractivity contribution is 6.34. The number of halogens is 3. The summed E-state index contributed by atoms with van der Waals surface area (Å²) in [6.07, 6.45) is 0. The van der Waals surface area contributed by atoms with Crippen LogP contribution in [0.5, 0.6) is 17.2 Å². The minimum absolute atomic E-state index is 0.191. The predicted octanol–water partition coefficient (Wildman–Crippen LogP) is 39.8. The molecule has 34 bridgehead atoms. The number of benzene rings is 16. The van der Waals surface area contributed by atoms with Gasteiger partial charge in [-0.3, -0.25) is 0 Å². The van der Waals surface area contributed by atoms with Crippen LogP contribution in [0.4, 0.5) is 0 Å². The molecule has 0 aromatic heterocycles. The molecule has 3 N–H and O–H groups in total. The van der Waals surface area contributed by atoms with Crippen LogP contribution < -0.4 is 0 Å². The van der Waals surface area contributed by atoms with Crippen molar-refractivity contribution >= 4 is 34.8 Å². The molecule has 16 aromatic carbocycles. The Morgan fingerprint density at radius 3 is 0.350 bits per heavy atom. The lowest BCUT2D eigenvalue weighted by molar-refractivity contribution is 0.478. The summed E-state index contributed by atoms with van der Waals surface area (Å²) in [4.78, 5) is 0. The van der Waals surface area contributed by atoms with Gasteiger partial charge in [0, 0.05) is 48.4 Å². The topological polar surface area (TPSA) is 60.7 Å². The second kappa shape index (κ2) is 34.9. The quantitative estimate of drug-likeness (QED) is 0.142. The summed E-state index contributed by atoms with van der Waals surface area (Å²) < 4.78 is 0. The van der Waals surface area contributed by atoms with Crippen LogP contribution in [-0.2, 0) is 27.1 Å². The zero-order valence-corrected chi connectivity index (χ0v) is 90.8. The van der Waals surface area contributed by atoms with Crippen LogP contribution in [-0.4, -0.2) is 15.3 Å². The van der Waals surface area contributed by atoms with Crippen molar-refractivity contribution in [3.8, 4) is 206 Å². The minimum Gasteiger partial charge on any atom is -0.507 e. The first kappa shape index (κ1) is 98.0. The summed E-state index contributed by atoms with van der Waals surface area (Å²) in [5.74, 6) is 0.592. The molecule has 15 aliphatic rings. The van der Waals surface area contributed by atoms with E-state index in [9.17, 15) is 15.3 Å². The van der Waals surface area contributed by atoms with E-state index in [0.29, 0.717) is 48.4 Å². The molecule has 6 heteroatoms. The summed E-state index contributed by atoms with van der Waals surface area (Å²) in [6.45, 7) is 73.7. The second-order valence-electron chi connectivity index (χ2n) is 46.7. The van der Waals surface area contributed by atoms with Gasteiger partial charge in [-0.05, 0) is 502 Å². The number of fused-ring (bicyclic) bond motifs is 1. The highest BCUT2D eigenvalue weighted by Crippen LogP contribution is 2.57. The average molecular weight is 1900 g/mol. The fraction of sp³-hybridized carbons (Fsp3) is 0.284. The largest absolute Gasteiger partial charge is 0.507 e. The Bertz CT molecular complexity index is 7460. The van der Waals surface area contributed by atoms with Gasteiger partial charge in [-0.25, -0.2) is 0 Å². The van der Waals surface area contributed by atoms with Gasteiger partial charge in [0.2, 0.25) is 0 Å². The number of phenols is 3. The Labute approximate surface area is 848 Å². The van der Waals surface area contributed by atoms with Crippen molar-refractivity contribution in [3.63, 3.8) is 0 Å². The first-order valence-corrected chi connectivity index (χ1v) is 50.9. The van der Waals surface area contributed by atoms with Gasteiger partial charge < -0.3 is 15.3 Å². The maximum absolute atomic E-state index is 13.6. The van der Waals surface area contributed by atoms with E-state index in [1.54, 1.807) is 0 Å². The number of aryl methyl sites for hydroxylation is 12. The third-order valence-corrected chi connectivity index (χ3v) is 32.5. The van der Waals surface area contributed by atoms with Crippen LogP contribution in [0.1, 0.15) is 232 Å². The first-order valence-electron chi connectivity index (χ1n) is 49.8. The van der Waals surface area contributed by atoms with Crippen molar-refractivity contribution in [1.82, 2.24) is 0 Å². The number of rotatable bonds is 0. The van der Waals surface area contributed by atoms with E-state index in [1.165, 1.54) is 27.8 Å². The minimum atomic E-state index is -0.285. The molecule has 0 unspecified atom stereocenters. The highest BCUT2D eigenvalue weighted by Gasteiger charge is 2.34. The molecule has 0 saturated carbocycles. The molecule has 0 aliphatic heterocycles. The predicted molar refractivity (Wildman–Crippen MR) is 605 cm³/mol. The molecule has 3 nitrogen and oxygen atoms in total. The van der Waals surface area contributed by atoms with Crippen molar-refractivity contribution in [2.24, 2.45) is 0 Å². The van der Waals surface area contributed by atoms with E-state index in [-0.39, 0.29) is 44.3 Å². The van der Waals surface area contributed by atoms with Crippen molar-refractivity contribution in [1.29, 1.82) is 0 Å². The summed E-state index contributed by atoms with van der Waals surface area (Å²) in [5.41, 5.74) is 55.9. The molecule has 140 heavy (non-hydrogen) atoms. The lowest BCUT2D eigenvalue weighted by Gasteiger charge is -2.25. The third kappa shape index (κ3) is 17.2. The summed E-state index contributed by atoms with van der Waals surface area (Å²) >= 11 is 23.3. The lowest BCUT2D eigenvalue weighted by Crippen LogP contribution is -2.12. The van der Waals surface area contributed by atoms with Crippen LogP contribution >= 0.6 is 34.8 Å². The van der Waals surface area contributed by atoms with E-state index in [1.807, 2.05) is 0 Å². The zero-order valence-electron chi connectivity index (χ0n) is 88.5. The van der Waals surface area contributed by atoms with Gasteiger partial charge in [0.25, 0.3) is 0 Å². The van der Waals surface area contributed by atoms with E-state index in [2.05, 4.69) is 429 Å². The lowest BCUT2D eigenvalue weighted by atomic mass is 9.79. The Balaban J connectivity index is 1.00. The number of aromatic hydroxyl groups is 3. The van der Waals surface area contributed by atoms with E-state index >= 15 is 0 Å². The van der Waals surface area contributed by atoms with E-state index in [0.717, 1.165) is 256 Å². The fourth-order valence-electron chi connectivity index (χ4n) is 23.5. The Hall–Kier alpha value is -12.2. The first-order chi connectivity index (χ1) is 65.4. The fourth-order valence-corrected chi connectivity index (χ4v) is 24.1. The number of hydrogen-bond acceptors (Lipinski definition) is 3. The van der Waals surface area contributed by atoms with E-state index < -0.39 is 0 Å². The van der Waals surface area contributed by atoms with Gasteiger partial charge in [-0.2, -0.15) is 0 Å². The number of hydrogen-bond donors (Lipinski definition) is 3. The summed E-state index contributed by atoms with van der Waals surface area (Å²) in [7, 11) is 0. The molecule has 710 valence electrons. The van der Waals surface area contributed by atoms with Crippen molar-refractivity contribution in [2.45, 2.75) is 256 Å². The molecular weight excluding hydrogens is 1760 g/mol. The molecule has 0 radical (unpaired) electrons. The van der Waals surface area contributed by atoms with Crippen molar-refractivity contribution in [3.05, 3.63) is 343 Å². The zero-order chi connectivity index (χ0) is 101. The van der Waals surface area contributed by atoms with Gasteiger partial charge in [0.15, 0.2) is 0 Å². The Kier molecular flexibility index (Phi) is 24.4. The van der Waals surface area contributed by atoms with Crippen LogP contribution in [0.3, 0.4) is 0 Å². The SMILES string of the molecule is Cc1cc2cc(C)c1-c1cc3cc(c1)-c1cc(cc(C(C)(C)C)c1)-c1c(C)cc(cc1C)-c1c(C)c(Cl)c(C)c(c1O)-c1cc(C)c(c(C)c1)-c1cc(cc(C(C)(C)C)c1)-c1cc(cc(c1)-c1cc(cc(C(C)(C)C)c1)-c1c(C)cc(cc1C)-c1c(C)c(Cl)c(C)c(c1O)-c1cc(C)c(c(C)c1)-c1cc-3cc(C(C)(C)C)c1)-c1cc(cc(C(C)(C)C)c1)-c1c(C)cc(cc1C)-c1c(C)c(Cl)c(C)c-2c1O. The highest BCUT2D eigenvalue weighted by atomic mass is 35.5. The molecular formula is C134H135Cl3O3. The van der Waals surface area contributed by atoms with Crippen molar-refractivity contribution < 1.29 is 15.3 Å². The van der Waals surface area contributed by atoms with Gasteiger partial charge in [0.05, 0.1) is 0 Å². The van der Waals surface area contributed by atoms with Crippen LogP contribution in [0.25, 0.3) is 189 Å². The third-order valence-electron chi connectivity index (χ3n) is 30.8. The molecule has 0 heterocycles. The van der Waals surface area contributed by atoms with Crippen LogP contribution in [0.2, 0.25) is 15.1 Å². The molecule has 16 aromatic rings. The molecule has 0 fully saturated rings. The smallest absolute Gasteiger partial charge is 0.131 e. The monoisotopic (exact) mass is 1900 g/mol. The van der Waals surface area contributed by atoms with Crippen molar-refractivity contribution in [2.75, 3.05) is 0 Å². The molecule has 0 atom stereocenters. The molecule has 15 aliphatic carbocycles. The van der Waals surface area contributed by atoms with Crippen LogP contribution in [0, 0.1) is 125 Å². The normalized spacial score (nSPS) is 12.5. The maximum atomic E-state index is 13.6. The Morgan fingerprint density at radius 2 is 0.229 bits per heavy atom. The van der Waals surface area contributed by atoms with Gasteiger partial charge in [-0.1, -0.05) is 272 Å². The molecule has 31 rings (SSSR count). The molecule has 0 spiro atoms. The van der Waals surface area contributed by atoms with Gasteiger partial charge >= 0.3 is 0 Å². The Morgan fingerprint density at radius 1 is 0.136 bits per heavy atom. The van der Waals surface area contributed by atoms with Gasteiger partial charge in [0.1, 0.15) is 17.2 Å². The maximum Gasteiger partial charge on any atom is 0.131 e. The standard InChI is InChI=1S/C134H135Cl3O3/c1-67-34-95-35-68(2)112(67)101-50-88-49-89(51-101)94-56-106(66-111(61-94)134(31,32)33)117-77(11)44-100(45-78(117)12)123-84(18)126(137)82(16)121(129(123)140)98-40-73(7)115(74(8)41-98)104-54-92(59-109(64-104)132(25,26)27)87-47-85(90-52-102(62-107(57-90)130(19,20)21)113-69(3)36-96(37-70(113)4)119-80(14)124(135)79(13)118(95)127(119)138)46-86(48-87)91-53-103(63-108(58-91)131(22,23)24)114-71(5)38-97(39-72(114)6)120-81(15)125(136)83(17)122(128(120)139)99-42-75(9)116(76(10)43-99)105-55-93(88)60-110(65-105)133(28,29)30/h34-66,138-140H,1-33H3. The van der Waals surface area contributed by atoms with E-state index in [4.69, 9.17) is 34.8 Å². The number of phenolic OH excluding ortho intramolecular Hbond substituents is 3. The van der Waals surface area contributed by atoms with Gasteiger partial charge in [-0.15, -0.1) is 0 Å². The summed E-state index contributed by atoms with van der Waals surface area (Å²) in [5, 5.41) is 42.5. The van der Waals surface area contributed by atoms with Crippen LogP contribution in [0.15, 0.2) is 200 Å². The summed E-state index contributed by atoms with van der Waals surface area (Å²) in [6, 6.07) is 77.7. The average Bonchev–Trinajstić information content (AvgIpc) is 0.757. The molecule has 0 saturated heterocycles.